The van der Waals surface area contributed by atoms with Gasteiger partial charge in [-0.1, -0.05) is 30.3 Å². The molecule has 5 aromatic rings. The summed E-state index contributed by atoms with van der Waals surface area (Å²) in [6, 6.07) is 20.1. The van der Waals surface area contributed by atoms with Gasteiger partial charge in [0.1, 0.15) is 5.52 Å². The van der Waals surface area contributed by atoms with Crippen molar-refractivity contribution in [1.29, 1.82) is 0 Å². The summed E-state index contributed by atoms with van der Waals surface area (Å²) < 4.78 is 29.8. The third kappa shape index (κ3) is 1.84. The van der Waals surface area contributed by atoms with E-state index >= 15 is 0 Å². The summed E-state index contributed by atoms with van der Waals surface area (Å²) in [5.74, 6) is 0.825. The Kier molecular flexibility index (Phi) is 2.28. The summed E-state index contributed by atoms with van der Waals surface area (Å²) in [6.07, 6.45) is 1.82. The standard InChI is InChI=1S/C22H20N3/c1-15-12-13-23(2)20(14-15)25-19-11-7-5-9-17(19)21-16-8-4-6-10-18(16)24(3)22(21)25/h4-14H,1-3H3/q+1/i1D3. The van der Waals surface area contributed by atoms with Gasteiger partial charge in [-0.15, -0.1) is 0 Å². The van der Waals surface area contributed by atoms with Crippen LogP contribution in [0.15, 0.2) is 66.9 Å². The van der Waals surface area contributed by atoms with Gasteiger partial charge in [0, 0.05) is 28.0 Å². The molecular formula is C22H20N3+. The topological polar surface area (TPSA) is 13.7 Å². The largest absolute Gasteiger partial charge is 0.311 e. The molecule has 3 aromatic heterocycles. The average Bonchev–Trinajstić information content (AvgIpc) is 3.15. The van der Waals surface area contributed by atoms with Crippen molar-refractivity contribution in [2.75, 3.05) is 0 Å². The second kappa shape index (κ2) is 4.96. The average molecular weight is 329 g/mol. The molecule has 0 spiro atoms. The molecule has 0 saturated heterocycles. The van der Waals surface area contributed by atoms with E-state index in [1.165, 1.54) is 10.8 Å². The highest BCUT2D eigenvalue weighted by Crippen LogP contribution is 2.37. The van der Waals surface area contributed by atoms with E-state index in [9.17, 15) is 0 Å². The quantitative estimate of drug-likeness (QED) is 0.404. The van der Waals surface area contributed by atoms with Gasteiger partial charge in [-0.25, -0.2) is 4.57 Å². The van der Waals surface area contributed by atoms with Crippen LogP contribution in [-0.4, -0.2) is 9.13 Å². The summed E-state index contributed by atoms with van der Waals surface area (Å²) in [6.45, 7) is -2.15. The normalized spacial score (nSPS) is 14.1. The number of aryl methyl sites for hydroxylation is 3. The molecule has 0 saturated carbocycles. The van der Waals surface area contributed by atoms with Crippen LogP contribution in [0.25, 0.3) is 38.7 Å². The molecule has 0 atom stereocenters. The van der Waals surface area contributed by atoms with Crippen LogP contribution in [-0.2, 0) is 14.1 Å². The van der Waals surface area contributed by atoms with Gasteiger partial charge in [-0.3, -0.25) is 0 Å². The Morgan fingerprint density at radius 3 is 2.36 bits per heavy atom. The third-order valence-corrected chi connectivity index (χ3v) is 5.05. The van der Waals surface area contributed by atoms with Gasteiger partial charge in [0.2, 0.25) is 5.65 Å². The van der Waals surface area contributed by atoms with E-state index in [0.29, 0.717) is 5.56 Å². The Morgan fingerprint density at radius 1 is 0.920 bits per heavy atom. The molecule has 0 N–H and O–H groups in total. The number of aromatic nitrogens is 3. The van der Waals surface area contributed by atoms with Crippen LogP contribution in [0, 0.1) is 6.85 Å². The van der Waals surface area contributed by atoms with E-state index in [0.717, 1.165) is 27.9 Å². The lowest BCUT2D eigenvalue weighted by Crippen LogP contribution is -2.33. The van der Waals surface area contributed by atoms with Crippen LogP contribution in [0.4, 0.5) is 0 Å². The van der Waals surface area contributed by atoms with Gasteiger partial charge in [0.15, 0.2) is 0 Å². The predicted molar refractivity (Wildman–Crippen MR) is 103 cm³/mol. The first-order valence-electron chi connectivity index (χ1n) is 9.85. The molecule has 122 valence electrons. The van der Waals surface area contributed by atoms with Crippen LogP contribution in [0.5, 0.6) is 0 Å². The van der Waals surface area contributed by atoms with Gasteiger partial charge >= 0.3 is 0 Å². The first kappa shape index (κ1) is 11.5. The molecule has 0 amide bonds. The highest BCUT2D eigenvalue weighted by atomic mass is 15.2. The van der Waals surface area contributed by atoms with Crippen LogP contribution in [0.1, 0.15) is 9.68 Å². The maximum Gasteiger partial charge on any atom is 0.288 e. The lowest BCUT2D eigenvalue weighted by Gasteiger charge is -2.06. The Hall–Kier alpha value is -3.07. The van der Waals surface area contributed by atoms with E-state index < -0.39 is 6.85 Å². The van der Waals surface area contributed by atoms with Gasteiger partial charge in [0.05, 0.1) is 24.1 Å². The monoisotopic (exact) mass is 329 g/mol. The zero-order valence-electron chi connectivity index (χ0n) is 17.2. The fourth-order valence-corrected chi connectivity index (χ4v) is 3.91. The van der Waals surface area contributed by atoms with Crippen LogP contribution in [0.3, 0.4) is 0 Å². The van der Waals surface area contributed by atoms with Gasteiger partial charge in [-0.05, 0) is 36.7 Å². The van der Waals surface area contributed by atoms with E-state index in [-0.39, 0.29) is 0 Å². The molecule has 0 fully saturated rings. The molecule has 3 heterocycles. The second-order valence-electron chi connectivity index (χ2n) is 6.51. The zero-order valence-corrected chi connectivity index (χ0v) is 14.2. The molecule has 0 unspecified atom stereocenters. The number of nitrogens with zero attached hydrogens (tertiary/aromatic N) is 3. The molecule has 0 radical (unpaired) electrons. The van der Waals surface area contributed by atoms with Gasteiger partial charge in [0.25, 0.3) is 5.82 Å². The molecule has 25 heavy (non-hydrogen) atoms. The zero-order chi connectivity index (χ0) is 19.6. The molecule has 5 rings (SSSR count). The maximum atomic E-state index is 7.83. The minimum Gasteiger partial charge on any atom is -0.311 e. The summed E-state index contributed by atoms with van der Waals surface area (Å²) in [7, 11) is 4.01. The van der Waals surface area contributed by atoms with Crippen molar-refractivity contribution < 1.29 is 8.68 Å². The fraction of sp³-hybridized carbons (Fsp3) is 0.136. The van der Waals surface area contributed by atoms with Crippen molar-refractivity contribution in [2.24, 2.45) is 14.1 Å². The SMILES string of the molecule is [2H]C([2H])([2H])c1cc[n+](C)c(-n2c3ccccc3c3c4ccccc4n(C)c32)c1. The van der Waals surface area contributed by atoms with Gasteiger partial charge < -0.3 is 4.57 Å². The van der Waals surface area contributed by atoms with E-state index in [4.69, 9.17) is 4.11 Å². The number of hydrogen-bond acceptors (Lipinski definition) is 0. The highest BCUT2D eigenvalue weighted by molar-refractivity contribution is 6.21. The number of fused-ring (bicyclic) bond motifs is 5. The molecular weight excluding hydrogens is 306 g/mol. The number of hydrogen-bond donors (Lipinski definition) is 0. The van der Waals surface area contributed by atoms with Crippen molar-refractivity contribution in [3.05, 3.63) is 72.4 Å². The fourth-order valence-electron chi connectivity index (χ4n) is 3.91. The smallest absolute Gasteiger partial charge is 0.288 e. The van der Waals surface area contributed by atoms with E-state index in [1.807, 2.05) is 36.0 Å². The van der Waals surface area contributed by atoms with Crippen molar-refractivity contribution >= 4 is 32.8 Å². The van der Waals surface area contributed by atoms with Gasteiger partial charge in [-0.2, -0.15) is 4.57 Å². The van der Waals surface area contributed by atoms with Crippen molar-refractivity contribution in [2.45, 2.75) is 6.85 Å². The summed E-state index contributed by atoms with van der Waals surface area (Å²) in [5, 5.41) is 3.55. The first-order chi connectivity index (χ1) is 13.4. The van der Waals surface area contributed by atoms with E-state index in [2.05, 4.69) is 46.5 Å². The highest BCUT2D eigenvalue weighted by Gasteiger charge is 2.25. The first-order valence-corrected chi connectivity index (χ1v) is 8.35. The number of benzene rings is 2. The molecule has 0 aliphatic rings. The number of para-hydroxylation sites is 2. The Bertz CT molecular complexity index is 1370. The second-order valence-corrected chi connectivity index (χ2v) is 6.51. The van der Waals surface area contributed by atoms with Crippen molar-refractivity contribution in [1.82, 2.24) is 9.13 Å². The van der Waals surface area contributed by atoms with Crippen LogP contribution in [0.2, 0.25) is 0 Å². The molecule has 0 aliphatic carbocycles. The van der Waals surface area contributed by atoms with Crippen LogP contribution >= 0.6 is 0 Å². The Morgan fingerprint density at radius 2 is 1.60 bits per heavy atom. The Balaban J connectivity index is 2.01. The maximum absolute atomic E-state index is 7.83. The van der Waals surface area contributed by atoms with Crippen molar-refractivity contribution in [3.63, 3.8) is 0 Å². The molecule has 2 aromatic carbocycles. The molecule has 0 aliphatic heterocycles. The predicted octanol–water partition coefficient (Wildman–Crippen LogP) is 4.41. The lowest BCUT2D eigenvalue weighted by molar-refractivity contribution is -0.665. The molecule has 3 nitrogen and oxygen atoms in total. The summed E-state index contributed by atoms with van der Waals surface area (Å²) in [4.78, 5) is 0. The summed E-state index contributed by atoms with van der Waals surface area (Å²) >= 11 is 0. The van der Waals surface area contributed by atoms with E-state index in [1.54, 1.807) is 12.1 Å². The minimum absolute atomic E-state index is 0.338. The lowest BCUT2D eigenvalue weighted by atomic mass is 10.1. The molecule has 3 heteroatoms. The number of rotatable bonds is 1. The Labute approximate surface area is 150 Å². The van der Waals surface area contributed by atoms with Crippen molar-refractivity contribution in [3.8, 4) is 5.82 Å². The summed E-state index contributed by atoms with van der Waals surface area (Å²) in [5.41, 5.74) is 3.61. The van der Waals surface area contributed by atoms with Crippen LogP contribution < -0.4 is 4.57 Å². The third-order valence-electron chi connectivity index (χ3n) is 5.05. The minimum atomic E-state index is -2.15. The number of pyridine rings is 1. The molecule has 0 bridgehead atoms.